The first-order valence-electron chi connectivity index (χ1n) is 8.59. The van der Waals surface area contributed by atoms with E-state index in [9.17, 15) is 5.11 Å². The second-order valence-corrected chi connectivity index (χ2v) is 7.31. The third-order valence-corrected chi connectivity index (χ3v) is 5.03. The SMILES string of the molecule is CC(C)C(C(=S)N(C)C)C(O)(/C=C/c1ccccc1)c1ccccc1. The molecule has 0 aliphatic carbocycles. The summed E-state index contributed by atoms with van der Waals surface area (Å²) in [5.74, 6) is -0.0274. The third-order valence-electron chi connectivity index (χ3n) is 4.41. The van der Waals surface area contributed by atoms with Gasteiger partial charge in [-0.25, -0.2) is 0 Å². The molecule has 0 aromatic heterocycles. The first-order valence-corrected chi connectivity index (χ1v) is 9.00. The number of benzene rings is 2. The molecule has 2 aromatic rings. The van der Waals surface area contributed by atoms with Gasteiger partial charge >= 0.3 is 0 Å². The van der Waals surface area contributed by atoms with Crippen molar-refractivity contribution in [1.29, 1.82) is 0 Å². The van der Waals surface area contributed by atoms with Crippen molar-refractivity contribution >= 4 is 23.3 Å². The van der Waals surface area contributed by atoms with Gasteiger partial charge in [-0.15, -0.1) is 0 Å². The Balaban J connectivity index is 2.55. The molecule has 0 fully saturated rings. The van der Waals surface area contributed by atoms with Crippen molar-refractivity contribution in [2.75, 3.05) is 14.1 Å². The highest BCUT2D eigenvalue weighted by atomic mass is 32.1. The molecule has 0 aliphatic rings. The van der Waals surface area contributed by atoms with Crippen molar-refractivity contribution in [3.8, 4) is 0 Å². The molecule has 0 heterocycles. The topological polar surface area (TPSA) is 23.5 Å². The Kier molecular flexibility index (Phi) is 6.51. The Morgan fingerprint density at radius 3 is 2.00 bits per heavy atom. The summed E-state index contributed by atoms with van der Waals surface area (Å²) in [5.41, 5.74) is 0.729. The fourth-order valence-corrected chi connectivity index (χ4v) is 3.58. The van der Waals surface area contributed by atoms with Crippen molar-refractivity contribution in [1.82, 2.24) is 4.90 Å². The molecule has 25 heavy (non-hydrogen) atoms. The van der Waals surface area contributed by atoms with Gasteiger partial charge in [-0.1, -0.05) is 92.8 Å². The van der Waals surface area contributed by atoms with Crippen LogP contribution in [-0.2, 0) is 5.60 Å². The zero-order valence-electron chi connectivity index (χ0n) is 15.4. The minimum absolute atomic E-state index is 0.181. The molecule has 0 radical (unpaired) electrons. The predicted octanol–water partition coefficient (Wildman–Crippen LogP) is 4.75. The van der Waals surface area contributed by atoms with Crippen molar-refractivity contribution in [3.05, 3.63) is 77.9 Å². The van der Waals surface area contributed by atoms with E-state index < -0.39 is 5.60 Å². The zero-order valence-corrected chi connectivity index (χ0v) is 16.2. The van der Waals surface area contributed by atoms with Crippen molar-refractivity contribution in [3.63, 3.8) is 0 Å². The van der Waals surface area contributed by atoms with E-state index in [4.69, 9.17) is 12.2 Å². The van der Waals surface area contributed by atoms with E-state index in [-0.39, 0.29) is 11.8 Å². The summed E-state index contributed by atoms with van der Waals surface area (Å²) in [5, 5.41) is 11.8. The minimum atomic E-state index is -1.17. The Morgan fingerprint density at radius 2 is 1.52 bits per heavy atom. The molecule has 132 valence electrons. The van der Waals surface area contributed by atoms with E-state index >= 15 is 0 Å². The Bertz CT molecular complexity index is 709. The summed E-state index contributed by atoms with van der Waals surface area (Å²) < 4.78 is 0. The van der Waals surface area contributed by atoms with E-state index in [1.54, 1.807) is 0 Å². The second-order valence-electron chi connectivity index (χ2n) is 6.89. The molecule has 1 N–H and O–H groups in total. The number of thiocarbonyl (C=S) groups is 1. The molecule has 0 spiro atoms. The lowest BCUT2D eigenvalue weighted by atomic mass is 9.74. The number of hydrogen-bond acceptors (Lipinski definition) is 2. The van der Waals surface area contributed by atoms with Gasteiger partial charge in [0.1, 0.15) is 5.60 Å². The Labute approximate surface area is 156 Å². The summed E-state index contributed by atoms with van der Waals surface area (Å²) in [4.78, 5) is 2.67. The van der Waals surface area contributed by atoms with Crippen molar-refractivity contribution < 1.29 is 5.11 Å². The molecular weight excluding hydrogens is 326 g/mol. The van der Waals surface area contributed by atoms with Crippen LogP contribution < -0.4 is 0 Å². The first kappa shape index (κ1) is 19.4. The third kappa shape index (κ3) is 4.56. The molecule has 0 amide bonds. The lowest BCUT2D eigenvalue weighted by molar-refractivity contribution is 0.0324. The lowest BCUT2D eigenvalue weighted by Gasteiger charge is -2.39. The molecular formula is C22H27NOS. The van der Waals surface area contributed by atoms with Gasteiger partial charge in [0.2, 0.25) is 0 Å². The van der Waals surface area contributed by atoms with Crippen molar-refractivity contribution in [2.24, 2.45) is 11.8 Å². The van der Waals surface area contributed by atoms with Gasteiger partial charge in [0.25, 0.3) is 0 Å². The van der Waals surface area contributed by atoms with Crippen LogP contribution in [0.3, 0.4) is 0 Å². The highest BCUT2D eigenvalue weighted by Crippen LogP contribution is 2.38. The minimum Gasteiger partial charge on any atom is -0.380 e. The number of aliphatic hydroxyl groups is 1. The van der Waals surface area contributed by atoms with Crippen LogP contribution in [0.2, 0.25) is 0 Å². The Morgan fingerprint density at radius 1 is 1.00 bits per heavy atom. The number of rotatable bonds is 6. The quantitative estimate of drug-likeness (QED) is 0.758. The average molecular weight is 354 g/mol. The van der Waals surface area contributed by atoms with E-state index in [0.29, 0.717) is 0 Å². The number of hydrogen-bond donors (Lipinski definition) is 1. The summed E-state index contributed by atoms with van der Waals surface area (Å²) in [6, 6.07) is 19.8. The number of nitrogens with zero attached hydrogens (tertiary/aromatic N) is 1. The molecule has 3 heteroatoms. The van der Waals surface area contributed by atoms with Crippen molar-refractivity contribution in [2.45, 2.75) is 19.4 Å². The highest BCUT2D eigenvalue weighted by Gasteiger charge is 2.41. The summed E-state index contributed by atoms with van der Waals surface area (Å²) in [6.45, 7) is 4.20. The van der Waals surface area contributed by atoms with Crippen LogP contribution in [0.5, 0.6) is 0 Å². The smallest absolute Gasteiger partial charge is 0.117 e. The van der Waals surface area contributed by atoms with Gasteiger partial charge < -0.3 is 10.0 Å². The zero-order chi connectivity index (χ0) is 18.4. The van der Waals surface area contributed by atoms with Crippen LogP contribution in [-0.4, -0.2) is 29.1 Å². The van der Waals surface area contributed by atoms with Gasteiger partial charge in [0, 0.05) is 20.0 Å². The molecule has 2 atom stereocenters. The average Bonchev–Trinajstić information content (AvgIpc) is 2.61. The first-order chi connectivity index (χ1) is 11.9. The molecule has 2 nitrogen and oxygen atoms in total. The van der Waals surface area contributed by atoms with E-state index in [0.717, 1.165) is 16.1 Å². The highest BCUT2D eigenvalue weighted by molar-refractivity contribution is 7.80. The lowest BCUT2D eigenvalue weighted by Crippen LogP contribution is -2.45. The van der Waals surface area contributed by atoms with E-state index in [1.807, 2.05) is 91.8 Å². The molecule has 2 unspecified atom stereocenters. The molecule has 2 rings (SSSR count). The maximum atomic E-state index is 11.8. The van der Waals surface area contributed by atoms with E-state index in [1.165, 1.54) is 0 Å². The van der Waals surface area contributed by atoms with Crippen LogP contribution in [0.1, 0.15) is 25.0 Å². The molecule has 0 bridgehead atoms. The largest absolute Gasteiger partial charge is 0.380 e. The fourth-order valence-electron chi connectivity index (χ4n) is 3.13. The second kappa shape index (κ2) is 8.41. The van der Waals surface area contributed by atoms with Gasteiger partial charge in [0.05, 0.1) is 4.99 Å². The van der Waals surface area contributed by atoms with Gasteiger partial charge in [0.15, 0.2) is 0 Å². The van der Waals surface area contributed by atoms with Crippen LogP contribution in [0.25, 0.3) is 6.08 Å². The van der Waals surface area contributed by atoms with Crippen LogP contribution in [0.15, 0.2) is 66.7 Å². The van der Waals surface area contributed by atoms with Gasteiger partial charge in [-0.2, -0.15) is 0 Å². The normalized spacial score (nSPS) is 15.1. The van der Waals surface area contributed by atoms with Gasteiger partial charge in [-0.3, -0.25) is 0 Å². The summed E-state index contributed by atoms with van der Waals surface area (Å²) >= 11 is 5.69. The van der Waals surface area contributed by atoms with Crippen LogP contribution >= 0.6 is 12.2 Å². The van der Waals surface area contributed by atoms with E-state index in [2.05, 4.69) is 13.8 Å². The monoisotopic (exact) mass is 353 g/mol. The van der Waals surface area contributed by atoms with Gasteiger partial charge in [-0.05, 0) is 23.1 Å². The maximum absolute atomic E-state index is 11.8. The summed E-state index contributed by atoms with van der Waals surface area (Å²) in [7, 11) is 3.87. The van der Waals surface area contributed by atoms with Crippen LogP contribution in [0, 0.1) is 11.8 Å². The Hall–Kier alpha value is -1.97. The molecule has 2 aromatic carbocycles. The predicted molar refractivity (Wildman–Crippen MR) is 110 cm³/mol. The fraction of sp³-hybridized carbons (Fsp3) is 0.318. The molecule has 0 aliphatic heterocycles. The molecule has 0 saturated heterocycles. The molecule has 0 saturated carbocycles. The maximum Gasteiger partial charge on any atom is 0.117 e. The standard InChI is InChI=1S/C22H27NOS/c1-17(2)20(21(25)23(3)4)22(24,19-13-9-6-10-14-19)16-15-18-11-7-5-8-12-18/h5-17,20,24H,1-4H3/b16-15+. The summed E-state index contributed by atoms with van der Waals surface area (Å²) in [6.07, 6.45) is 3.86. The van der Waals surface area contributed by atoms with Crippen LogP contribution in [0.4, 0.5) is 0 Å².